The number of nitrogens with zero attached hydrogens (tertiary/aromatic N) is 3. The van der Waals surface area contributed by atoms with E-state index in [0.717, 1.165) is 10.6 Å². The highest BCUT2D eigenvalue weighted by molar-refractivity contribution is 7.09. The smallest absolute Gasteiger partial charge is 0.273 e. The lowest BCUT2D eigenvalue weighted by molar-refractivity contribution is 0.0532. The lowest BCUT2D eigenvalue weighted by Gasteiger charge is -2.34. The fourth-order valence-corrected chi connectivity index (χ4v) is 3.30. The second-order valence-corrected chi connectivity index (χ2v) is 6.72. The van der Waals surface area contributed by atoms with Crippen LogP contribution in [0.4, 0.5) is 0 Å². The Morgan fingerprint density at radius 2 is 1.67 bits per heavy atom. The Balaban J connectivity index is 1.60. The number of nitrogens with two attached hydrogens (primary N) is 1. The predicted octanol–water partition coefficient (Wildman–Crippen LogP) is 1.51. The van der Waals surface area contributed by atoms with E-state index < -0.39 is 0 Å². The van der Waals surface area contributed by atoms with Crippen LogP contribution in [-0.4, -0.2) is 52.8 Å². The minimum absolute atomic E-state index is 0.0150. The van der Waals surface area contributed by atoms with Gasteiger partial charge in [-0.2, -0.15) is 0 Å². The summed E-state index contributed by atoms with van der Waals surface area (Å²) >= 11 is 1.40. The van der Waals surface area contributed by atoms with Gasteiger partial charge in [-0.15, -0.1) is 11.3 Å². The summed E-state index contributed by atoms with van der Waals surface area (Å²) in [5, 5.41) is 2.50. The molecule has 1 aromatic heterocycles. The molecule has 0 bridgehead atoms. The fourth-order valence-electron chi connectivity index (χ4n) is 2.66. The Kier molecular flexibility index (Phi) is 4.92. The van der Waals surface area contributed by atoms with E-state index in [2.05, 4.69) is 4.98 Å². The average Bonchev–Trinajstić information content (AvgIpc) is 3.10. The molecule has 0 aliphatic carbocycles. The molecule has 0 spiro atoms. The van der Waals surface area contributed by atoms with Crippen molar-refractivity contribution in [1.82, 2.24) is 14.8 Å². The Hall–Kier alpha value is -2.25. The zero-order valence-corrected chi connectivity index (χ0v) is 14.4. The highest BCUT2D eigenvalue weighted by Gasteiger charge is 2.26. The van der Waals surface area contributed by atoms with Crippen molar-refractivity contribution < 1.29 is 9.59 Å². The first-order valence-corrected chi connectivity index (χ1v) is 8.76. The first-order valence-electron chi connectivity index (χ1n) is 7.88. The molecule has 1 aliphatic rings. The van der Waals surface area contributed by atoms with E-state index in [1.54, 1.807) is 15.2 Å². The van der Waals surface area contributed by atoms with Crippen molar-refractivity contribution in [2.75, 3.05) is 26.2 Å². The molecule has 7 heteroatoms. The molecule has 3 rings (SSSR count). The van der Waals surface area contributed by atoms with Gasteiger partial charge in [-0.1, -0.05) is 17.7 Å². The molecular formula is C17H20N4O2S. The van der Waals surface area contributed by atoms with E-state index in [1.165, 1.54) is 11.3 Å². The number of carbonyl (C=O) groups is 2. The van der Waals surface area contributed by atoms with E-state index in [0.29, 0.717) is 44.0 Å². The number of carbonyl (C=O) groups excluding carboxylic acids is 2. The molecular weight excluding hydrogens is 324 g/mol. The van der Waals surface area contributed by atoms with Crippen molar-refractivity contribution in [3.05, 3.63) is 51.5 Å². The Morgan fingerprint density at radius 3 is 2.21 bits per heavy atom. The molecule has 6 nitrogen and oxygen atoms in total. The summed E-state index contributed by atoms with van der Waals surface area (Å²) in [6.45, 7) is 4.44. The summed E-state index contributed by atoms with van der Waals surface area (Å²) in [6.07, 6.45) is 0. The summed E-state index contributed by atoms with van der Waals surface area (Å²) in [5.74, 6) is -0.0745. The monoisotopic (exact) mass is 344 g/mol. The van der Waals surface area contributed by atoms with Gasteiger partial charge in [-0.05, 0) is 19.1 Å². The number of hydrogen-bond acceptors (Lipinski definition) is 5. The molecule has 2 aromatic rings. The maximum atomic E-state index is 12.5. The number of thiazole rings is 1. The molecule has 2 heterocycles. The largest absolute Gasteiger partial charge is 0.335 e. The highest BCUT2D eigenvalue weighted by Crippen LogP contribution is 2.14. The molecule has 1 saturated heterocycles. The second kappa shape index (κ2) is 7.11. The second-order valence-electron chi connectivity index (χ2n) is 5.78. The van der Waals surface area contributed by atoms with Crippen LogP contribution in [0, 0.1) is 6.92 Å². The number of aromatic nitrogens is 1. The van der Waals surface area contributed by atoms with Crippen LogP contribution in [0.3, 0.4) is 0 Å². The summed E-state index contributed by atoms with van der Waals surface area (Å²) in [4.78, 5) is 32.7. The third-order valence-corrected chi connectivity index (χ3v) is 4.97. The zero-order valence-electron chi connectivity index (χ0n) is 13.6. The number of benzene rings is 1. The molecule has 0 atom stereocenters. The minimum atomic E-state index is -0.0895. The van der Waals surface area contributed by atoms with Crippen LogP contribution in [0.25, 0.3) is 0 Å². The molecule has 1 fully saturated rings. The maximum Gasteiger partial charge on any atom is 0.273 e. The van der Waals surface area contributed by atoms with Crippen LogP contribution < -0.4 is 5.73 Å². The third kappa shape index (κ3) is 3.47. The van der Waals surface area contributed by atoms with Crippen molar-refractivity contribution in [3.8, 4) is 0 Å². The Morgan fingerprint density at radius 1 is 1.08 bits per heavy atom. The summed E-state index contributed by atoms with van der Waals surface area (Å²) in [5.41, 5.74) is 7.79. The summed E-state index contributed by atoms with van der Waals surface area (Å²) < 4.78 is 0. The topological polar surface area (TPSA) is 79.5 Å². The number of aryl methyl sites for hydroxylation is 1. The van der Waals surface area contributed by atoms with Crippen LogP contribution in [0.15, 0.2) is 29.6 Å². The third-order valence-electron chi connectivity index (χ3n) is 4.10. The van der Waals surface area contributed by atoms with Crippen LogP contribution in [0.5, 0.6) is 0 Å². The van der Waals surface area contributed by atoms with E-state index in [-0.39, 0.29) is 11.8 Å². The molecule has 126 valence electrons. The average molecular weight is 344 g/mol. The molecule has 24 heavy (non-hydrogen) atoms. The molecule has 0 unspecified atom stereocenters. The van der Waals surface area contributed by atoms with E-state index >= 15 is 0 Å². The zero-order chi connectivity index (χ0) is 17.1. The van der Waals surface area contributed by atoms with Gasteiger partial charge >= 0.3 is 0 Å². The van der Waals surface area contributed by atoms with Crippen LogP contribution in [0.2, 0.25) is 0 Å². The quantitative estimate of drug-likeness (QED) is 0.915. The fraction of sp³-hybridized carbons (Fsp3) is 0.353. The van der Waals surface area contributed by atoms with Crippen LogP contribution in [0.1, 0.15) is 31.4 Å². The number of hydrogen-bond donors (Lipinski definition) is 1. The Bertz CT molecular complexity index is 733. The number of amides is 2. The van der Waals surface area contributed by atoms with Gasteiger partial charge in [0.25, 0.3) is 11.8 Å². The summed E-state index contributed by atoms with van der Waals surface area (Å²) in [7, 11) is 0. The summed E-state index contributed by atoms with van der Waals surface area (Å²) in [6, 6.07) is 7.56. The van der Waals surface area contributed by atoms with Crippen molar-refractivity contribution in [1.29, 1.82) is 0 Å². The van der Waals surface area contributed by atoms with Gasteiger partial charge in [-0.3, -0.25) is 9.59 Å². The van der Waals surface area contributed by atoms with E-state index in [4.69, 9.17) is 5.73 Å². The molecule has 0 saturated carbocycles. The molecule has 1 aromatic carbocycles. The Labute approximate surface area is 144 Å². The number of piperazine rings is 1. The lowest BCUT2D eigenvalue weighted by atomic mass is 10.1. The van der Waals surface area contributed by atoms with Crippen molar-refractivity contribution >= 4 is 23.2 Å². The SMILES string of the molecule is Cc1ccc(C(=O)N2CCN(C(=O)c3csc(CN)n3)CC2)cc1. The number of rotatable bonds is 3. The molecule has 2 N–H and O–H groups in total. The normalized spacial score (nSPS) is 14.8. The van der Waals surface area contributed by atoms with Gasteiger partial charge < -0.3 is 15.5 Å². The van der Waals surface area contributed by atoms with E-state index in [9.17, 15) is 9.59 Å². The van der Waals surface area contributed by atoms with Gasteiger partial charge in [0.2, 0.25) is 0 Å². The first kappa shape index (κ1) is 16.6. The van der Waals surface area contributed by atoms with Gasteiger partial charge in [0.1, 0.15) is 10.7 Å². The lowest BCUT2D eigenvalue weighted by Crippen LogP contribution is -2.50. The van der Waals surface area contributed by atoms with Gasteiger partial charge in [0.15, 0.2) is 0 Å². The van der Waals surface area contributed by atoms with E-state index in [1.807, 2.05) is 31.2 Å². The van der Waals surface area contributed by atoms with Crippen LogP contribution in [-0.2, 0) is 6.54 Å². The van der Waals surface area contributed by atoms with Gasteiger partial charge in [0.05, 0.1) is 0 Å². The predicted molar refractivity (Wildman–Crippen MR) is 93.0 cm³/mol. The van der Waals surface area contributed by atoms with Crippen molar-refractivity contribution in [3.63, 3.8) is 0 Å². The molecule has 2 amide bonds. The highest BCUT2D eigenvalue weighted by atomic mass is 32.1. The van der Waals surface area contributed by atoms with Gasteiger partial charge in [-0.25, -0.2) is 4.98 Å². The van der Waals surface area contributed by atoms with Crippen molar-refractivity contribution in [2.24, 2.45) is 5.73 Å². The first-order chi connectivity index (χ1) is 11.6. The maximum absolute atomic E-state index is 12.5. The molecule has 0 radical (unpaired) electrons. The minimum Gasteiger partial charge on any atom is -0.335 e. The standard InChI is InChI=1S/C17H20N4O2S/c1-12-2-4-13(5-3-12)16(22)20-6-8-21(9-7-20)17(23)14-11-24-15(10-18)19-14/h2-5,11H,6-10,18H2,1H3. The van der Waals surface area contributed by atoms with Crippen molar-refractivity contribution in [2.45, 2.75) is 13.5 Å². The van der Waals surface area contributed by atoms with Crippen LogP contribution >= 0.6 is 11.3 Å². The van der Waals surface area contributed by atoms with Gasteiger partial charge in [0, 0.05) is 43.7 Å². The molecule has 1 aliphatic heterocycles.